The lowest BCUT2D eigenvalue weighted by atomic mass is 10.1. The normalized spacial score (nSPS) is 11.3. The summed E-state index contributed by atoms with van der Waals surface area (Å²) in [6.45, 7) is 2.18. The number of methoxy groups -OCH3 is 1. The van der Waals surface area contributed by atoms with E-state index in [-0.39, 0.29) is 11.4 Å². The standard InChI is InChI=1S/C27H26N2O3/c1-3-4-7-19-10-12-20(13-11-19)28-18-25-23-8-5-6-9-24(23)26(30)29(27(25)31)21-14-16-22(32-2)17-15-21/h5-6,8-18,31H,3-4,7H2,1-2H3. The van der Waals surface area contributed by atoms with Crippen LogP contribution in [0.1, 0.15) is 30.9 Å². The maximum absolute atomic E-state index is 13.2. The van der Waals surface area contributed by atoms with Crippen molar-refractivity contribution in [3.8, 4) is 17.3 Å². The summed E-state index contributed by atoms with van der Waals surface area (Å²) in [5.74, 6) is 0.522. The van der Waals surface area contributed by atoms with Gasteiger partial charge in [-0.1, -0.05) is 43.7 Å². The summed E-state index contributed by atoms with van der Waals surface area (Å²) in [5, 5.41) is 12.3. The van der Waals surface area contributed by atoms with Gasteiger partial charge in [0.2, 0.25) is 5.88 Å². The molecule has 0 saturated heterocycles. The first-order chi connectivity index (χ1) is 15.6. The van der Waals surface area contributed by atoms with Crippen molar-refractivity contribution < 1.29 is 9.84 Å². The smallest absolute Gasteiger partial charge is 0.265 e. The average molecular weight is 427 g/mol. The maximum atomic E-state index is 13.2. The van der Waals surface area contributed by atoms with Crippen molar-refractivity contribution in [3.63, 3.8) is 0 Å². The lowest BCUT2D eigenvalue weighted by Crippen LogP contribution is -2.20. The second-order valence-electron chi connectivity index (χ2n) is 7.65. The quantitative estimate of drug-likeness (QED) is 0.380. The minimum atomic E-state index is -0.291. The summed E-state index contributed by atoms with van der Waals surface area (Å²) in [6, 6.07) is 22.3. The molecule has 0 amide bonds. The Morgan fingerprint density at radius 2 is 1.66 bits per heavy atom. The third-order valence-corrected chi connectivity index (χ3v) is 5.53. The SMILES string of the molecule is CCCCc1ccc(N=Cc2c(O)n(-c3ccc(OC)cc3)c(=O)c3ccccc23)cc1. The highest BCUT2D eigenvalue weighted by Crippen LogP contribution is 2.27. The molecule has 4 rings (SSSR count). The van der Waals surface area contributed by atoms with Gasteiger partial charge in [-0.05, 0) is 60.9 Å². The molecule has 4 aromatic rings. The molecule has 0 saturated carbocycles. The molecule has 0 fully saturated rings. The van der Waals surface area contributed by atoms with Gasteiger partial charge in [-0.25, -0.2) is 4.57 Å². The van der Waals surface area contributed by atoms with Crippen molar-refractivity contribution in [3.05, 3.63) is 94.3 Å². The molecule has 1 heterocycles. The van der Waals surface area contributed by atoms with Crippen LogP contribution in [0.25, 0.3) is 16.5 Å². The van der Waals surface area contributed by atoms with Crippen LogP contribution in [-0.4, -0.2) is 23.0 Å². The van der Waals surface area contributed by atoms with Crippen LogP contribution < -0.4 is 10.3 Å². The van der Waals surface area contributed by atoms with Crippen molar-refractivity contribution >= 4 is 22.7 Å². The van der Waals surface area contributed by atoms with Gasteiger partial charge in [0, 0.05) is 17.0 Å². The van der Waals surface area contributed by atoms with Gasteiger partial charge in [-0.2, -0.15) is 0 Å². The number of unbranched alkanes of at least 4 members (excludes halogenated alkanes) is 1. The number of benzene rings is 3. The Bertz CT molecular complexity index is 1300. The largest absolute Gasteiger partial charge is 0.497 e. The number of hydrogen-bond acceptors (Lipinski definition) is 4. The number of ether oxygens (including phenoxy) is 1. The summed E-state index contributed by atoms with van der Waals surface area (Å²) in [7, 11) is 1.58. The molecule has 0 radical (unpaired) electrons. The lowest BCUT2D eigenvalue weighted by molar-refractivity contribution is 0.414. The van der Waals surface area contributed by atoms with Gasteiger partial charge in [0.25, 0.3) is 5.56 Å². The summed E-state index contributed by atoms with van der Waals surface area (Å²) >= 11 is 0. The predicted molar refractivity (Wildman–Crippen MR) is 130 cm³/mol. The van der Waals surface area contributed by atoms with Crippen molar-refractivity contribution in [1.82, 2.24) is 4.57 Å². The van der Waals surface area contributed by atoms with Crippen molar-refractivity contribution in [2.45, 2.75) is 26.2 Å². The minimum Gasteiger partial charge on any atom is -0.497 e. The second kappa shape index (κ2) is 9.52. The Morgan fingerprint density at radius 3 is 2.31 bits per heavy atom. The minimum absolute atomic E-state index is 0.151. The van der Waals surface area contributed by atoms with Crippen molar-refractivity contribution in [2.24, 2.45) is 4.99 Å². The Hall–Kier alpha value is -3.86. The van der Waals surface area contributed by atoms with Crippen LogP contribution in [-0.2, 0) is 6.42 Å². The molecule has 0 spiro atoms. The molecular weight excluding hydrogens is 400 g/mol. The van der Waals surface area contributed by atoms with Crippen LogP contribution in [0.15, 0.2) is 82.6 Å². The number of hydrogen-bond donors (Lipinski definition) is 1. The molecule has 0 unspecified atom stereocenters. The molecule has 0 aliphatic rings. The van der Waals surface area contributed by atoms with E-state index in [1.54, 1.807) is 43.7 Å². The molecular formula is C27H26N2O3. The number of nitrogens with zero attached hydrogens (tertiary/aromatic N) is 2. The number of aromatic hydroxyl groups is 1. The third-order valence-electron chi connectivity index (χ3n) is 5.53. The van der Waals surface area contributed by atoms with Gasteiger partial charge < -0.3 is 9.84 Å². The number of aromatic nitrogens is 1. The molecule has 32 heavy (non-hydrogen) atoms. The predicted octanol–water partition coefficient (Wildman–Crippen LogP) is 5.80. The molecule has 5 heteroatoms. The highest BCUT2D eigenvalue weighted by atomic mass is 16.5. The number of aryl methyl sites for hydroxylation is 1. The topological polar surface area (TPSA) is 63.8 Å². The molecule has 1 N–H and O–H groups in total. The summed E-state index contributed by atoms with van der Waals surface area (Å²) < 4.78 is 6.51. The number of aliphatic imine (C=N–C) groups is 1. The summed E-state index contributed by atoms with van der Waals surface area (Å²) in [6.07, 6.45) is 5.00. The first-order valence-corrected chi connectivity index (χ1v) is 10.8. The second-order valence-corrected chi connectivity index (χ2v) is 7.65. The van der Waals surface area contributed by atoms with Gasteiger partial charge >= 0.3 is 0 Å². The zero-order chi connectivity index (χ0) is 22.5. The molecule has 1 aromatic heterocycles. The molecule has 162 valence electrons. The third kappa shape index (κ3) is 4.28. The van der Waals surface area contributed by atoms with E-state index in [1.807, 2.05) is 30.3 Å². The molecule has 5 nitrogen and oxygen atoms in total. The van der Waals surface area contributed by atoms with E-state index in [2.05, 4.69) is 24.0 Å². The van der Waals surface area contributed by atoms with E-state index < -0.39 is 0 Å². The number of rotatable bonds is 7. The van der Waals surface area contributed by atoms with E-state index in [1.165, 1.54) is 10.1 Å². The Kier molecular flexibility index (Phi) is 6.36. The highest BCUT2D eigenvalue weighted by molar-refractivity contribution is 6.02. The van der Waals surface area contributed by atoms with E-state index in [0.717, 1.165) is 24.9 Å². The first kappa shape index (κ1) is 21.4. The van der Waals surface area contributed by atoms with E-state index in [4.69, 9.17) is 4.74 Å². The molecule has 0 aliphatic carbocycles. The van der Waals surface area contributed by atoms with Crippen LogP contribution in [0.3, 0.4) is 0 Å². The fourth-order valence-electron chi connectivity index (χ4n) is 3.73. The Balaban J connectivity index is 1.80. The van der Waals surface area contributed by atoms with Gasteiger partial charge in [-0.15, -0.1) is 0 Å². The zero-order valence-electron chi connectivity index (χ0n) is 18.3. The van der Waals surface area contributed by atoms with E-state index in [0.29, 0.717) is 27.8 Å². The fourth-order valence-corrected chi connectivity index (χ4v) is 3.73. The number of pyridine rings is 1. The van der Waals surface area contributed by atoms with Crippen LogP contribution in [0.5, 0.6) is 11.6 Å². The maximum Gasteiger partial charge on any atom is 0.265 e. The van der Waals surface area contributed by atoms with Crippen LogP contribution in [0.2, 0.25) is 0 Å². The van der Waals surface area contributed by atoms with Crippen LogP contribution in [0.4, 0.5) is 5.69 Å². The van der Waals surface area contributed by atoms with Gasteiger partial charge in [0.15, 0.2) is 0 Å². The Labute approximate surface area is 187 Å². The van der Waals surface area contributed by atoms with E-state index in [9.17, 15) is 9.90 Å². The van der Waals surface area contributed by atoms with Gasteiger partial charge in [-0.3, -0.25) is 9.79 Å². The molecule has 0 aliphatic heterocycles. The average Bonchev–Trinajstić information content (AvgIpc) is 2.84. The van der Waals surface area contributed by atoms with Crippen molar-refractivity contribution in [2.75, 3.05) is 7.11 Å². The lowest BCUT2D eigenvalue weighted by Gasteiger charge is -2.14. The van der Waals surface area contributed by atoms with Crippen molar-refractivity contribution in [1.29, 1.82) is 0 Å². The van der Waals surface area contributed by atoms with Crippen LogP contribution >= 0.6 is 0 Å². The molecule has 0 atom stereocenters. The monoisotopic (exact) mass is 426 g/mol. The Morgan fingerprint density at radius 1 is 0.969 bits per heavy atom. The highest BCUT2D eigenvalue weighted by Gasteiger charge is 2.16. The summed E-state index contributed by atoms with van der Waals surface area (Å²) in [5.41, 5.74) is 2.82. The fraction of sp³-hybridized carbons (Fsp3) is 0.185. The van der Waals surface area contributed by atoms with E-state index >= 15 is 0 Å². The van der Waals surface area contributed by atoms with Gasteiger partial charge in [0.1, 0.15) is 5.75 Å². The number of fused-ring (bicyclic) bond motifs is 1. The zero-order valence-corrected chi connectivity index (χ0v) is 18.3. The van der Waals surface area contributed by atoms with Crippen LogP contribution in [0, 0.1) is 0 Å². The molecule has 0 bridgehead atoms. The molecule has 3 aromatic carbocycles. The van der Waals surface area contributed by atoms with Gasteiger partial charge in [0.05, 0.1) is 24.0 Å². The summed E-state index contributed by atoms with van der Waals surface area (Å²) in [4.78, 5) is 17.8. The first-order valence-electron chi connectivity index (χ1n) is 10.8.